The van der Waals surface area contributed by atoms with Crippen LogP contribution in [0.25, 0.3) is 5.57 Å². The van der Waals surface area contributed by atoms with Crippen LogP contribution in [-0.2, 0) is 9.31 Å². The summed E-state index contributed by atoms with van der Waals surface area (Å²) >= 11 is 0. The highest BCUT2D eigenvalue weighted by Crippen LogP contribution is 2.41. The second-order valence-electron chi connectivity index (χ2n) is 6.63. The van der Waals surface area contributed by atoms with E-state index >= 15 is 0 Å². The van der Waals surface area contributed by atoms with Crippen LogP contribution in [-0.4, -0.2) is 25.1 Å². The highest BCUT2D eigenvalue weighted by molar-refractivity contribution is 6.55. The van der Waals surface area contributed by atoms with E-state index in [4.69, 9.17) is 18.8 Å². The highest BCUT2D eigenvalue weighted by Gasteiger charge is 2.53. The molecule has 2 heterocycles. The van der Waals surface area contributed by atoms with Gasteiger partial charge in [-0.2, -0.15) is 0 Å². The number of ether oxygens (including phenoxy) is 2. The van der Waals surface area contributed by atoms with E-state index in [1.54, 1.807) is 25.1 Å². The van der Waals surface area contributed by atoms with Crippen LogP contribution < -0.4 is 9.47 Å². The summed E-state index contributed by atoms with van der Waals surface area (Å²) in [6.07, 6.45) is 0. The smallest absolute Gasteiger partial charge is 0.454 e. The van der Waals surface area contributed by atoms with Crippen molar-refractivity contribution >= 4 is 12.7 Å². The van der Waals surface area contributed by atoms with Gasteiger partial charge in [0.1, 0.15) is 5.73 Å². The third-order valence-corrected chi connectivity index (χ3v) is 4.62. The van der Waals surface area contributed by atoms with Gasteiger partial charge in [-0.15, -0.1) is 0 Å². The van der Waals surface area contributed by atoms with Gasteiger partial charge in [-0.05, 0) is 57.9 Å². The molecule has 1 aromatic carbocycles. The number of benzene rings is 1. The zero-order valence-electron chi connectivity index (χ0n) is 13.5. The van der Waals surface area contributed by atoms with Crippen molar-refractivity contribution in [3.63, 3.8) is 0 Å². The van der Waals surface area contributed by atoms with Gasteiger partial charge in [-0.25, -0.2) is 4.39 Å². The summed E-state index contributed by atoms with van der Waals surface area (Å²) in [5.74, 6) is 1.30. The van der Waals surface area contributed by atoms with Crippen LogP contribution in [0.1, 0.15) is 40.2 Å². The number of allylic oxidation sites excluding steroid dienone is 1. The summed E-state index contributed by atoms with van der Waals surface area (Å²) in [6, 6.07) is 5.34. The minimum Gasteiger partial charge on any atom is -0.454 e. The SMILES string of the molecule is CC(=C(F)B1OC(C)(C)C(C)(C)O1)c1ccc2c(c1)OCO2. The Hall–Kier alpha value is -1.53. The number of hydrogen-bond donors (Lipinski definition) is 0. The van der Waals surface area contributed by atoms with Crippen molar-refractivity contribution in [2.75, 3.05) is 6.79 Å². The monoisotopic (exact) mass is 306 g/mol. The molecule has 0 atom stereocenters. The molecule has 1 saturated heterocycles. The molecular formula is C16H20BFO4. The van der Waals surface area contributed by atoms with Gasteiger partial charge in [-0.1, -0.05) is 6.07 Å². The van der Waals surface area contributed by atoms with Crippen molar-refractivity contribution in [3.8, 4) is 11.5 Å². The molecule has 0 N–H and O–H groups in total. The molecule has 22 heavy (non-hydrogen) atoms. The molecule has 0 radical (unpaired) electrons. The molecule has 3 rings (SSSR count). The molecule has 118 valence electrons. The number of hydrogen-bond acceptors (Lipinski definition) is 4. The average molecular weight is 306 g/mol. The Kier molecular flexibility index (Phi) is 3.49. The normalized spacial score (nSPS) is 22.7. The molecule has 0 aromatic heterocycles. The van der Waals surface area contributed by atoms with Crippen molar-refractivity contribution in [2.45, 2.75) is 45.8 Å². The molecule has 0 bridgehead atoms. The Bertz CT molecular complexity index is 623. The molecule has 1 fully saturated rings. The molecule has 4 nitrogen and oxygen atoms in total. The molecule has 0 saturated carbocycles. The minimum absolute atomic E-state index is 0.196. The third kappa shape index (κ3) is 2.40. The predicted octanol–water partition coefficient (Wildman–Crippen LogP) is 3.75. The first-order chi connectivity index (χ1) is 10.2. The lowest BCUT2D eigenvalue weighted by Gasteiger charge is -2.32. The second kappa shape index (κ2) is 5.00. The quantitative estimate of drug-likeness (QED) is 0.780. The third-order valence-electron chi connectivity index (χ3n) is 4.62. The van der Waals surface area contributed by atoms with E-state index in [0.717, 1.165) is 5.56 Å². The minimum atomic E-state index is -0.990. The topological polar surface area (TPSA) is 36.9 Å². The maximum Gasteiger partial charge on any atom is 0.525 e. The van der Waals surface area contributed by atoms with Gasteiger partial charge in [-0.3, -0.25) is 0 Å². The Balaban J connectivity index is 1.90. The molecule has 2 aliphatic heterocycles. The molecule has 0 unspecified atom stereocenters. The van der Waals surface area contributed by atoms with Crippen LogP contribution in [0.4, 0.5) is 4.39 Å². The highest BCUT2D eigenvalue weighted by atomic mass is 19.1. The van der Waals surface area contributed by atoms with Gasteiger partial charge in [0.15, 0.2) is 11.5 Å². The summed E-state index contributed by atoms with van der Waals surface area (Å²) in [4.78, 5) is 0. The fourth-order valence-electron chi connectivity index (χ4n) is 2.39. The molecular weight excluding hydrogens is 286 g/mol. The van der Waals surface area contributed by atoms with Crippen LogP contribution in [0.3, 0.4) is 0 Å². The Morgan fingerprint density at radius 1 is 1.05 bits per heavy atom. The van der Waals surface area contributed by atoms with Gasteiger partial charge in [0, 0.05) is 0 Å². The van der Waals surface area contributed by atoms with Crippen molar-refractivity contribution in [2.24, 2.45) is 0 Å². The van der Waals surface area contributed by atoms with Gasteiger partial charge in [0.2, 0.25) is 6.79 Å². The molecule has 2 aliphatic rings. The first-order valence-electron chi connectivity index (χ1n) is 7.33. The average Bonchev–Trinajstić information content (AvgIpc) is 2.99. The Morgan fingerprint density at radius 2 is 1.64 bits per heavy atom. The lowest BCUT2D eigenvalue weighted by Crippen LogP contribution is -2.41. The summed E-state index contributed by atoms with van der Waals surface area (Å²) in [6.45, 7) is 9.50. The molecule has 0 aliphatic carbocycles. The van der Waals surface area contributed by atoms with Crippen molar-refractivity contribution in [1.29, 1.82) is 0 Å². The molecule has 6 heteroatoms. The van der Waals surface area contributed by atoms with Crippen LogP contribution in [0.2, 0.25) is 0 Å². The van der Waals surface area contributed by atoms with Gasteiger partial charge < -0.3 is 18.8 Å². The van der Waals surface area contributed by atoms with E-state index in [1.165, 1.54) is 0 Å². The van der Waals surface area contributed by atoms with Crippen LogP contribution >= 0.6 is 0 Å². The van der Waals surface area contributed by atoms with E-state index < -0.39 is 24.0 Å². The first-order valence-corrected chi connectivity index (χ1v) is 7.33. The number of halogens is 1. The van der Waals surface area contributed by atoms with Gasteiger partial charge in [0.05, 0.1) is 11.2 Å². The summed E-state index contributed by atoms with van der Waals surface area (Å²) in [5.41, 5.74) is -0.361. The molecule has 0 spiro atoms. The first kappa shape index (κ1) is 15.4. The van der Waals surface area contributed by atoms with Crippen LogP contribution in [0.5, 0.6) is 11.5 Å². The summed E-state index contributed by atoms with van der Waals surface area (Å²) in [7, 11) is -0.990. The Morgan fingerprint density at radius 3 is 2.27 bits per heavy atom. The zero-order valence-corrected chi connectivity index (χ0v) is 13.5. The number of fused-ring (bicyclic) bond motifs is 1. The molecule has 0 amide bonds. The predicted molar refractivity (Wildman–Crippen MR) is 82.3 cm³/mol. The van der Waals surface area contributed by atoms with E-state index in [2.05, 4.69) is 0 Å². The van der Waals surface area contributed by atoms with E-state index in [9.17, 15) is 4.39 Å². The summed E-state index contributed by atoms with van der Waals surface area (Å²) in [5, 5.41) is 0. The van der Waals surface area contributed by atoms with E-state index in [-0.39, 0.29) is 6.79 Å². The largest absolute Gasteiger partial charge is 0.525 e. The van der Waals surface area contributed by atoms with Crippen molar-refractivity contribution in [1.82, 2.24) is 0 Å². The fraction of sp³-hybridized carbons (Fsp3) is 0.500. The van der Waals surface area contributed by atoms with E-state index in [1.807, 2.05) is 27.7 Å². The summed E-state index contributed by atoms with van der Waals surface area (Å²) < 4.78 is 36.9. The van der Waals surface area contributed by atoms with Gasteiger partial charge >= 0.3 is 7.12 Å². The van der Waals surface area contributed by atoms with Crippen LogP contribution in [0, 0.1) is 0 Å². The van der Waals surface area contributed by atoms with Gasteiger partial charge in [0.25, 0.3) is 0 Å². The fourth-order valence-corrected chi connectivity index (χ4v) is 2.39. The van der Waals surface area contributed by atoms with E-state index in [0.29, 0.717) is 17.1 Å². The Labute approximate surface area is 130 Å². The number of rotatable bonds is 2. The standard InChI is InChI=1S/C16H20BFO4/c1-10(11-6-7-12-13(8-11)20-9-19-12)14(18)17-21-15(2,3)16(4,5)22-17/h6-8H,9H2,1-5H3. The van der Waals surface area contributed by atoms with Crippen molar-refractivity contribution < 1.29 is 23.2 Å². The maximum atomic E-state index is 14.8. The maximum absolute atomic E-state index is 14.8. The molecule has 1 aromatic rings. The lowest BCUT2D eigenvalue weighted by molar-refractivity contribution is 0.00578. The lowest BCUT2D eigenvalue weighted by atomic mass is 9.83. The van der Waals surface area contributed by atoms with Crippen LogP contribution in [0.15, 0.2) is 23.9 Å². The zero-order chi connectivity index (χ0) is 16.1. The van der Waals surface area contributed by atoms with Crippen molar-refractivity contribution in [3.05, 3.63) is 29.5 Å². The second-order valence-corrected chi connectivity index (χ2v) is 6.63.